The molecule has 14 heavy (non-hydrogen) atoms. The topological polar surface area (TPSA) is 52.0 Å². The Bertz CT molecular complexity index is 318. The number of aryl methyl sites for hydroxylation is 1. The molecule has 0 saturated heterocycles. The Hall–Kier alpha value is -0.710. The summed E-state index contributed by atoms with van der Waals surface area (Å²) in [6.45, 7) is 1.59. The van der Waals surface area contributed by atoms with Crippen LogP contribution in [0.5, 0.6) is 0 Å². The minimum atomic E-state index is -0.891. The van der Waals surface area contributed by atoms with Gasteiger partial charge in [-0.25, -0.2) is 8.78 Å². The van der Waals surface area contributed by atoms with Crippen molar-refractivity contribution in [3.63, 3.8) is 0 Å². The van der Waals surface area contributed by atoms with Crippen LogP contribution in [0.4, 0.5) is 8.78 Å². The second kappa shape index (κ2) is 5.24. The van der Waals surface area contributed by atoms with Crippen molar-refractivity contribution in [1.82, 2.24) is 0 Å². The van der Waals surface area contributed by atoms with Crippen LogP contribution < -0.4 is 11.5 Å². The fourth-order valence-corrected chi connectivity index (χ4v) is 1.07. The van der Waals surface area contributed by atoms with E-state index in [1.807, 2.05) is 0 Å². The Morgan fingerprint density at radius 3 is 2.36 bits per heavy atom. The number of nitrogens with two attached hydrogens (primary N) is 2. The molecule has 4 N–H and O–H groups in total. The van der Waals surface area contributed by atoms with E-state index < -0.39 is 17.7 Å². The highest BCUT2D eigenvalue weighted by Crippen LogP contribution is 2.19. The lowest BCUT2D eigenvalue weighted by Gasteiger charge is -2.11. The fraction of sp³-hybridized carbons (Fsp3) is 0.333. The molecule has 80 valence electrons. The molecule has 0 aliphatic carbocycles. The Labute approximate surface area is 87.7 Å². The van der Waals surface area contributed by atoms with Crippen molar-refractivity contribution < 1.29 is 8.78 Å². The molecule has 1 aromatic carbocycles. The highest BCUT2D eigenvalue weighted by molar-refractivity contribution is 5.85. The molecular weight excluding hydrogens is 210 g/mol. The summed E-state index contributed by atoms with van der Waals surface area (Å²) in [5, 5.41) is 0. The van der Waals surface area contributed by atoms with Crippen LogP contribution in [0.2, 0.25) is 0 Å². The molecule has 0 amide bonds. The van der Waals surface area contributed by atoms with Gasteiger partial charge in [0.1, 0.15) is 0 Å². The Kier molecular flexibility index (Phi) is 4.97. The largest absolute Gasteiger partial charge is 0.329 e. The van der Waals surface area contributed by atoms with Crippen LogP contribution in [-0.2, 0) is 0 Å². The summed E-state index contributed by atoms with van der Waals surface area (Å²) in [7, 11) is 0. The zero-order valence-corrected chi connectivity index (χ0v) is 8.57. The summed E-state index contributed by atoms with van der Waals surface area (Å²) in [5.41, 5.74) is 11.1. The van der Waals surface area contributed by atoms with Crippen LogP contribution in [0.1, 0.15) is 17.2 Å². The van der Waals surface area contributed by atoms with E-state index in [2.05, 4.69) is 0 Å². The number of hydrogen-bond donors (Lipinski definition) is 2. The van der Waals surface area contributed by atoms with Crippen LogP contribution in [0.15, 0.2) is 12.1 Å². The number of hydrogen-bond acceptors (Lipinski definition) is 2. The first-order valence-corrected chi connectivity index (χ1v) is 3.98. The molecular formula is C9H13ClF2N2. The monoisotopic (exact) mass is 222 g/mol. The number of halogens is 3. The van der Waals surface area contributed by atoms with Gasteiger partial charge in [0.2, 0.25) is 0 Å². The number of rotatable bonds is 2. The van der Waals surface area contributed by atoms with Gasteiger partial charge in [-0.2, -0.15) is 0 Å². The van der Waals surface area contributed by atoms with Gasteiger partial charge in [-0.15, -0.1) is 12.4 Å². The van der Waals surface area contributed by atoms with Crippen molar-refractivity contribution in [3.8, 4) is 0 Å². The molecule has 0 heterocycles. The summed E-state index contributed by atoms with van der Waals surface area (Å²) >= 11 is 0. The van der Waals surface area contributed by atoms with Crippen molar-refractivity contribution in [1.29, 1.82) is 0 Å². The first-order valence-electron chi connectivity index (χ1n) is 3.98. The first kappa shape index (κ1) is 13.3. The summed E-state index contributed by atoms with van der Waals surface area (Å²) in [4.78, 5) is 0. The summed E-state index contributed by atoms with van der Waals surface area (Å²) in [6, 6.07) is 2.31. The molecule has 0 saturated carbocycles. The maximum atomic E-state index is 13.2. The predicted octanol–water partition coefficient (Wildman–Crippen LogP) is 1.65. The lowest BCUT2D eigenvalue weighted by Crippen LogP contribution is -2.22. The van der Waals surface area contributed by atoms with E-state index in [9.17, 15) is 8.78 Å². The zero-order valence-electron chi connectivity index (χ0n) is 7.76. The maximum Gasteiger partial charge on any atom is 0.163 e. The van der Waals surface area contributed by atoms with Gasteiger partial charge in [0, 0.05) is 18.2 Å². The average Bonchev–Trinajstić information content (AvgIpc) is 2.13. The van der Waals surface area contributed by atoms with Gasteiger partial charge < -0.3 is 11.5 Å². The molecule has 0 aliphatic heterocycles. The molecule has 5 heteroatoms. The van der Waals surface area contributed by atoms with Gasteiger partial charge in [0.05, 0.1) is 0 Å². The molecule has 0 radical (unpaired) electrons. The van der Waals surface area contributed by atoms with Crippen molar-refractivity contribution in [3.05, 3.63) is 34.9 Å². The third-order valence-electron chi connectivity index (χ3n) is 1.96. The molecule has 0 bridgehead atoms. The van der Waals surface area contributed by atoms with Gasteiger partial charge in [-0.05, 0) is 12.5 Å². The molecule has 2 nitrogen and oxygen atoms in total. The predicted molar refractivity (Wildman–Crippen MR) is 54.3 cm³/mol. The van der Waals surface area contributed by atoms with E-state index in [-0.39, 0.29) is 30.1 Å². The van der Waals surface area contributed by atoms with Crippen LogP contribution >= 0.6 is 12.4 Å². The minimum absolute atomic E-state index is 0. The first-order chi connectivity index (χ1) is 6.07. The molecule has 1 aromatic rings. The van der Waals surface area contributed by atoms with Crippen LogP contribution in [0, 0.1) is 18.6 Å². The van der Waals surface area contributed by atoms with Gasteiger partial charge in [0.25, 0.3) is 0 Å². The van der Waals surface area contributed by atoms with Gasteiger partial charge >= 0.3 is 0 Å². The lowest BCUT2D eigenvalue weighted by molar-refractivity contribution is 0.484. The summed E-state index contributed by atoms with van der Waals surface area (Å²) in [5.74, 6) is -1.74. The second-order valence-corrected chi connectivity index (χ2v) is 2.94. The van der Waals surface area contributed by atoms with E-state index in [1.54, 1.807) is 0 Å². The zero-order chi connectivity index (χ0) is 10.0. The highest BCUT2D eigenvalue weighted by atomic mass is 35.5. The molecule has 0 aromatic heterocycles. The van der Waals surface area contributed by atoms with E-state index in [4.69, 9.17) is 11.5 Å². The smallest absolute Gasteiger partial charge is 0.163 e. The standard InChI is InChI=1S/C9H12F2N2.ClH/c1-5-2-3-6(7(13)4-12)9(11)8(5)10;/h2-3,7H,4,12-13H2,1H3;1H/t7-;/m1./s1. The van der Waals surface area contributed by atoms with Crippen molar-refractivity contribution in [2.75, 3.05) is 6.54 Å². The normalized spacial score (nSPS) is 12.1. The van der Waals surface area contributed by atoms with Crippen LogP contribution in [0.3, 0.4) is 0 Å². The third kappa shape index (κ3) is 2.41. The van der Waals surface area contributed by atoms with Gasteiger partial charge in [0.15, 0.2) is 11.6 Å². The lowest BCUT2D eigenvalue weighted by atomic mass is 10.0. The highest BCUT2D eigenvalue weighted by Gasteiger charge is 2.14. The van der Waals surface area contributed by atoms with E-state index in [1.165, 1.54) is 19.1 Å². The van der Waals surface area contributed by atoms with Crippen molar-refractivity contribution in [2.24, 2.45) is 11.5 Å². The quantitative estimate of drug-likeness (QED) is 0.800. The molecule has 1 atom stereocenters. The van der Waals surface area contributed by atoms with E-state index >= 15 is 0 Å². The van der Waals surface area contributed by atoms with Gasteiger partial charge in [-0.1, -0.05) is 12.1 Å². The van der Waals surface area contributed by atoms with Gasteiger partial charge in [-0.3, -0.25) is 0 Å². The minimum Gasteiger partial charge on any atom is -0.329 e. The van der Waals surface area contributed by atoms with Crippen molar-refractivity contribution in [2.45, 2.75) is 13.0 Å². The average molecular weight is 223 g/mol. The van der Waals surface area contributed by atoms with Crippen LogP contribution in [-0.4, -0.2) is 6.54 Å². The van der Waals surface area contributed by atoms with E-state index in [0.717, 1.165) is 0 Å². The molecule has 0 spiro atoms. The summed E-state index contributed by atoms with van der Waals surface area (Å²) < 4.78 is 26.2. The van der Waals surface area contributed by atoms with E-state index in [0.29, 0.717) is 0 Å². The SMILES string of the molecule is Cc1ccc([C@H](N)CN)c(F)c1F.Cl. The molecule has 1 rings (SSSR count). The Balaban J connectivity index is 0.00000169. The fourth-order valence-electron chi connectivity index (χ4n) is 1.07. The number of benzene rings is 1. The second-order valence-electron chi connectivity index (χ2n) is 2.94. The molecule has 0 aliphatic rings. The Morgan fingerprint density at radius 2 is 1.86 bits per heavy atom. The maximum absolute atomic E-state index is 13.2. The van der Waals surface area contributed by atoms with Crippen LogP contribution in [0.25, 0.3) is 0 Å². The molecule has 0 unspecified atom stereocenters. The van der Waals surface area contributed by atoms with Crippen molar-refractivity contribution >= 4 is 12.4 Å². The summed E-state index contributed by atoms with van der Waals surface area (Å²) in [6.07, 6.45) is 0. The third-order valence-corrected chi connectivity index (χ3v) is 1.96. The molecule has 0 fully saturated rings. The Morgan fingerprint density at radius 1 is 1.29 bits per heavy atom.